The third-order valence-corrected chi connectivity index (χ3v) is 2.78. The zero-order valence-corrected chi connectivity index (χ0v) is 9.94. The molecule has 0 fully saturated rings. The largest absolute Gasteiger partial charge is 0.396 e. The molecule has 0 radical (unpaired) electrons. The Hall–Kier alpha value is -1.91. The first-order valence-corrected chi connectivity index (χ1v) is 5.12. The van der Waals surface area contributed by atoms with Crippen LogP contribution >= 0.6 is 0 Å². The maximum absolute atomic E-state index is 5.82. The zero-order valence-electron chi connectivity index (χ0n) is 9.94. The monoisotopic (exact) mass is 217 g/mol. The maximum Gasteiger partial charge on any atom is 0.235 e. The minimum Gasteiger partial charge on any atom is -0.396 e. The lowest BCUT2D eigenvalue weighted by molar-refractivity contribution is 0.871. The smallest absolute Gasteiger partial charge is 0.235 e. The number of nitrogen functional groups attached to an aromatic ring is 1. The molecule has 2 aromatic rings. The lowest BCUT2D eigenvalue weighted by Gasteiger charge is -2.08. The Morgan fingerprint density at radius 1 is 1.00 bits per heavy atom. The van der Waals surface area contributed by atoms with Crippen molar-refractivity contribution in [2.75, 3.05) is 5.73 Å². The first-order chi connectivity index (χ1) is 7.50. The van der Waals surface area contributed by atoms with Gasteiger partial charge in [-0.1, -0.05) is 0 Å². The fourth-order valence-corrected chi connectivity index (χ4v) is 1.52. The van der Waals surface area contributed by atoms with Gasteiger partial charge in [0.1, 0.15) is 6.33 Å². The van der Waals surface area contributed by atoms with E-state index in [2.05, 4.69) is 15.0 Å². The molecule has 0 aliphatic rings. The summed E-state index contributed by atoms with van der Waals surface area (Å²) >= 11 is 0. The van der Waals surface area contributed by atoms with Crippen LogP contribution in [0.4, 0.5) is 5.69 Å². The molecule has 5 heteroatoms. The molecule has 0 saturated heterocycles. The van der Waals surface area contributed by atoms with E-state index in [4.69, 9.17) is 5.73 Å². The van der Waals surface area contributed by atoms with Crippen LogP contribution in [-0.2, 0) is 0 Å². The Balaban J connectivity index is 2.61. The van der Waals surface area contributed by atoms with Crippen molar-refractivity contribution in [1.82, 2.24) is 19.5 Å². The summed E-state index contributed by atoms with van der Waals surface area (Å²) < 4.78 is 1.87. The molecule has 0 bridgehead atoms. The number of hydrogen-bond donors (Lipinski definition) is 1. The second kappa shape index (κ2) is 3.59. The van der Waals surface area contributed by atoms with Gasteiger partial charge < -0.3 is 5.73 Å². The molecule has 0 amide bonds. The van der Waals surface area contributed by atoms with Crippen molar-refractivity contribution in [3.8, 4) is 5.95 Å². The van der Waals surface area contributed by atoms with E-state index in [1.165, 1.54) is 0 Å². The van der Waals surface area contributed by atoms with Gasteiger partial charge in [0.2, 0.25) is 5.95 Å². The number of anilines is 1. The molecule has 0 aliphatic carbocycles. The van der Waals surface area contributed by atoms with E-state index in [1.807, 2.05) is 32.3 Å². The number of nitrogens with zero attached hydrogens (tertiary/aromatic N) is 4. The summed E-state index contributed by atoms with van der Waals surface area (Å²) in [6.07, 6.45) is 1.73. The Bertz CT molecular complexity index is 518. The minimum absolute atomic E-state index is 0.627. The van der Waals surface area contributed by atoms with E-state index in [0.717, 1.165) is 22.8 Å². The molecule has 0 aliphatic heterocycles. The Morgan fingerprint density at radius 2 is 1.56 bits per heavy atom. The van der Waals surface area contributed by atoms with Gasteiger partial charge in [-0.25, -0.2) is 15.0 Å². The Morgan fingerprint density at radius 3 is 2.00 bits per heavy atom. The minimum atomic E-state index is 0.627. The van der Waals surface area contributed by atoms with Gasteiger partial charge in [-0.2, -0.15) is 0 Å². The average Bonchev–Trinajstić information content (AvgIpc) is 2.56. The first-order valence-electron chi connectivity index (χ1n) is 5.12. The third kappa shape index (κ3) is 1.54. The standard InChI is InChI=1S/C11H15N5/c1-6-9(4)16(5-13-6)11-14-7(2)10(12)8(3)15-11/h5H,12H2,1-4H3. The van der Waals surface area contributed by atoms with Crippen LogP contribution in [-0.4, -0.2) is 19.5 Å². The number of hydrogen-bond acceptors (Lipinski definition) is 4. The van der Waals surface area contributed by atoms with Gasteiger partial charge in [0.25, 0.3) is 0 Å². The number of rotatable bonds is 1. The molecule has 16 heavy (non-hydrogen) atoms. The highest BCUT2D eigenvalue weighted by Crippen LogP contribution is 2.16. The lowest BCUT2D eigenvalue weighted by atomic mass is 10.3. The number of nitrogens with two attached hydrogens (primary N) is 1. The van der Waals surface area contributed by atoms with E-state index < -0.39 is 0 Å². The van der Waals surface area contributed by atoms with Crippen molar-refractivity contribution >= 4 is 5.69 Å². The van der Waals surface area contributed by atoms with Gasteiger partial charge in [0.15, 0.2) is 0 Å². The van der Waals surface area contributed by atoms with E-state index in [0.29, 0.717) is 11.6 Å². The van der Waals surface area contributed by atoms with Crippen LogP contribution in [0.2, 0.25) is 0 Å². The van der Waals surface area contributed by atoms with E-state index in [1.54, 1.807) is 6.33 Å². The zero-order chi connectivity index (χ0) is 11.9. The Labute approximate surface area is 94.4 Å². The summed E-state index contributed by atoms with van der Waals surface area (Å²) in [5.41, 5.74) is 10.1. The van der Waals surface area contributed by atoms with Crippen LogP contribution < -0.4 is 5.73 Å². The molecule has 0 saturated carbocycles. The van der Waals surface area contributed by atoms with Crippen LogP contribution in [0.5, 0.6) is 0 Å². The molecule has 0 aromatic carbocycles. The highest BCUT2D eigenvalue weighted by molar-refractivity contribution is 5.47. The molecule has 84 valence electrons. The average molecular weight is 217 g/mol. The van der Waals surface area contributed by atoms with Gasteiger partial charge in [-0.15, -0.1) is 0 Å². The SMILES string of the molecule is Cc1nc(-n2cnc(C)c2C)nc(C)c1N. The second-order valence-electron chi connectivity index (χ2n) is 3.89. The van der Waals surface area contributed by atoms with Gasteiger partial charge >= 0.3 is 0 Å². The molecule has 2 aromatic heterocycles. The van der Waals surface area contributed by atoms with Crippen LogP contribution in [0.1, 0.15) is 22.8 Å². The van der Waals surface area contributed by atoms with E-state index in [9.17, 15) is 0 Å². The Kier molecular flexibility index (Phi) is 2.38. The quantitative estimate of drug-likeness (QED) is 0.785. The first kappa shape index (κ1) is 10.6. The fraction of sp³-hybridized carbons (Fsp3) is 0.364. The molecule has 5 nitrogen and oxygen atoms in total. The van der Waals surface area contributed by atoms with Crippen LogP contribution in [0.25, 0.3) is 5.95 Å². The maximum atomic E-state index is 5.82. The lowest BCUT2D eigenvalue weighted by Crippen LogP contribution is -2.08. The molecule has 2 rings (SSSR count). The summed E-state index contributed by atoms with van der Waals surface area (Å²) in [4.78, 5) is 13.0. The van der Waals surface area contributed by atoms with Crippen molar-refractivity contribution in [1.29, 1.82) is 0 Å². The van der Waals surface area contributed by atoms with Crippen molar-refractivity contribution in [3.05, 3.63) is 29.1 Å². The molecule has 0 atom stereocenters. The molecule has 2 N–H and O–H groups in total. The molecular formula is C11H15N5. The summed E-state index contributed by atoms with van der Waals surface area (Å²) in [6.45, 7) is 7.72. The van der Waals surface area contributed by atoms with Crippen molar-refractivity contribution in [2.24, 2.45) is 0 Å². The topological polar surface area (TPSA) is 69.6 Å². The summed E-state index contributed by atoms with van der Waals surface area (Å²) in [6, 6.07) is 0. The van der Waals surface area contributed by atoms with Crippen molar-refractivity contribution < 1.29 is 0 Å². The molecule has 0 unspecified atom stereocenters. The van der Waals surface area contributed by atoms with Crippen LogP contribution in [0, 0.1) is 27.7 Å². The predicted molar refractivity (Wildman–Crippen MR) is 62.5 cm³/mol. The highest BCUT2D eigenvalue weighted by Gasteiger charge is 2.10. The summed E-state index contributed by atoms with van der Waals surface area (Å²) in [5, 5.41) is 0. The van der Waals surface area contributed by atoms with Crippen molar-refractivity contribution in [3.63, 3.8) is 0 Å². The van der Waals surface area contributed by atoms with E-state index in [-0.39, 0.29) is 0 Å². The highest BCUT2D eigenvalue weighted by atomic mass is 15.2. The number of aromatic nitrogens is 4. The third-order valence-electron chi connectivity index (χ3n) is 2.78. The normalized spacial score (nSPS) is 10.8. The number of imidazole rings is 1. The molecule has 0 spiro atoms. The van der Waals surface area contributed by atoms with E-state index >= 15 is 0 Å². The van der Waals surface area contributed by atoms with Gasteiger partial charge in [0.05, 0.1) is 22.8 Å². The van der Waals surface area contributed by atoms with Crippen molar-refractivity contribution in [2.45, 2.75) is 27.7 Å². The van der Waals surface area contributed by atoms with Gasteiger partial charge in [0, 0.05) is 5.69 Å². The summed E-state index contributed by atoms with van der Waals surface area (Å²) in [5.74, 6) is 0.627. The van der Waals surface area contributed by atoms with Gasteiger partial charge in [-0.3, -0.25) is 4.57 Å². The fourth-order valence-electron chi connectivity index (χ4n) is 1.52. The summed E-state index contributed by atoms with van der Waals surface area (Å²) in [7, 11) is 0. The van der Waals surface area contributed by atoms with Crippen LogP contribution in [0.3, 0.4) is 0 Å². The van der Waals surface area contributed by atoms with Gasteiger partial charge in [-0.05, 0) is 27.7 Å². The van der Waals surface area contributed by atoms with Crippen LogP contribution in [0.15, 0.2) is 6.33 Å². The second-order valence-corrected chi connectivity index (χ2v) is 3.89. The predicted octanol–water partition coefficient (Wildman–Crippen LogP) is 1.48. The molecular weight excluding hydrogens is 202 g/mol. The molecule has 2 heterocycles. The number of aryl methyl sites for hydroxylation is 3.